The van der Waals surface area contributed by atoms with Gasteiger partial charge in [-0.3, -0.25) is 0 Å². The summed E-state index contributed by atoms with van der Waals surface area (Å²) in [7, 11) is 0. The maximum absolute atomic E-state index is 10.2. The number of aliphatic hydroxyl groups is 1. The fraction of sp³-hybridized carbons (Fsp3) is 0.500. The molecule has 1 aliphatic carbocycles. The van der Waals surface area contributed by atoms with Crippen LogP contribution in [0.15, 0.2) is 29.4 Å². The van der Waals surface area contributed by atoms with E-state index in [0.29, 0.717) is 12.3 Å². The SMILES string of the molecule is CC(=NO)c1ccc(OCC2(O)CCCC2)cc1. The van der Waals surface area contributed by atoms with Gasteiger partial charge in [0.05, 0.1) is 11.3 Å². The van der Waals surface area contributed by atoms with Crippen molar-refractivity contribution in [3.8, 4) is 5.75 Å². The number of ether oxygens (including phenoxy) is 1. The summed E-state index contributed by atoms with van der Waals surface area (Å²) in [6, 6.07) is 7.32. The highest BCUT2D eigenvalue weighted by Gasteiger charge is 2.31. The van der Waals surface area contributed by atoms with E-state index < -0.39 is 5.60 Å². The predicted octanol–water partition coefficient (Wildman–Crippen LogP) is 2.57. The highest BCUT2D eigenvalue weighted by Crippen LogP contribution is 2.30. The molecule has 0 heterocycles. The van der Waals surface area contributed by atoms with E-state index in [1.165, 1.54) is 0 Å². The van der Waals surface area contributed by atoms with Gasteiger partial charge in [-0.1, -0.05) is 18.0 Å². The first-order chi connectivity index (χ1) is 8.63. The molecule has 18 heavy (non-hydrogen) atoms. The van der Waals surface area contributed by atoms with Gasteiger partial charge in [0, 0.05) is 0 Å². The summed E-state index contributed by atoms with van der Waals surface area (Å²) in [4.78, 5) is 0. The molecule has 0 bridgehead atoms. The van der Waals surface area contributed by atoms with Crippen molar-refractivity contribution in [2.24, 2.45) is 5.16 Å². The Hall–Kier alpha value is -1.55. The van der Waals surface area contributed by atoms with Crippen LogP contribution in [0.25, 0.3) is 0 Å². The topological polar surface area (TPSA) is 62.1 Å². The van der Waals surface area contributed by atoms with Crippen LogP contribution in [0.5, 0.6) is 5.75 Å². The molecule has 0 amide bonds. The van der Waals surface area contributed by atoms with E-state index >= 15 is 0 Å². The van der Waals surface area contributed by atoms with Gasteiger partial charge in [-0.05, 0) is 49.6 Å². The van der Waals surface area contributed by atoms with Gasteiger partial charge in [-0.2, -0.15) is 0 Å². The van der Waals surface area contributed by atoms with Crippen molar-refractivity contribution in [3.63, 3.8) is 0 Å². The molecule has 0 saturated heterocycles. The van der Waals surface area contributed by atoms with Gasteiger partial charge in [0.1, 0.15) is 12.4 Å². The monoisotopic (exact) mass is 249 g/mol. The average molecular weight is 249 g/mol. The Morgan fingerprint density at radius 1 is 1.28 bits per heavy atom. The number of hydrogen-bond acceptors (Lipinski definition) is 4. The second kappa shape index (κ2) is 5.40. The molecule has 0 spiro atoms. The quantitative estimate of drug-likeness (QED) is 0.490. The molecule has 0 unspecified atom stereocenters. The lowest BCUT2D eigenvalue weighted by molar-refractivity contribution is 0.00141. The van der Waals surface area contributed by atoms with E-state index in [9.17, 15) is 5.11 Å². The van der Waals surface area contributed by atoms with Crippen molar-refractivity contribution in [3.05, 3.63) is 29.8 Å². The molecule has 1 saturated carbocycles. The van der Waals surface area contributed by atoms with Crippen LogP contribution < -0.4 is 4.74 Å². The number of oxime groups is 1. The minimum absolute atomic E-state index is 0.347. The Morgan fingerprint density at radius 3 is 2.44 bits per heavy atom. The summed E-state index contributed by atoms with van der Waals surface area (Å²) < 4.78 is 5.61. The summed E-state index contributed by atoms with van der Waals surface area (Å²) in [5, 5.41) is 22.0. The van der Waals surface area contributed by atoms with E-state index in [-0.39, 0.29) is 0 Å². The third-order valence-corrected chi connectivity index (χ3v) is 3.46. The zero-order valence-electron chi connectivity index (χ0n) is 10.6. The average Bonchev–Trinajstić information content (AvgIpc) is 2.83. The van der Waals surface area contributed by atoms with Crippen LogP contribution >= 0.6 is 0 Å². The largest absolute Gasteiger partial charge is 0.491 e. The molecular weight excluding hydrogens is 230 g/mol. The molecule has 2 N–H and O–H groups in total. The van der Waals surface area contributed by atoms with Gasteiger partial charge < -0.3 is 15.1 Å². The predicted molar refractivity (Wildman–Crippen MR) is 69.4 cm³/mol. The van der Waals surface area contributed by atoms with Crippen LogP contribution in [0.3, 0.4) is 0 Å². The summed E-state index contributed by atoms with van der Waals surface area (Å²) in [6.45, 7) is 2.08. The Kier molecular flexibility index (Phi) is 3.87. The van der Waals surface area contributed by atoms with Crippen LogP contribution in [-0.2, 0) is 0 Å². The van der Waals surface area contributed by atoms with Crippen molar-refractivity contribution in [1.82, 2.24) is 0 Å². The first kappa shape index (κ1) is 12.9. The molecular formula is C14H19NO3. The van der Waals surface area contributed by atoms with Gasteiger partial charge in [0.15, 0.2) is 0 Å². The van der Waals surface area contributed by atoms with Crippen molar-refractivity contribution in [1.29, 1.82) is 0 Å². The first-order valence-electron chi connectivity index (χ1n) is 6.27. The lowest BCUT2D eigenvalue weighted by Crippen LogP contribution is -2.32. The summed E-state index contributed by atoms with van der Waals surface area (Å²) in [5.74, 6) is 0.727. The maximum atomic E-state index is 10.2. The molecule has 1 fully saturated rings. The van der Waals surface area contributed by atoms with Gasteiger partial charge in [0.2, 0.25) is 0 Å². The lowest BCUT2D eigenvalue weighted by atomic mass is 10.0. The summed E-state index contributed by atoms with van der Waals surface area (Å²) in [5.41, 5.74) is 0.765. The van der Waals surface area contributed by atoms with E-state index in [1.807, 2.05) is 24.3 Å². The van der Waals surface area contributed by atoms with Crippen molar-refractivity contribution >= 4 is 5.71 Å². The smallest absolute Gasteiger partial charge is 0.119 e. The van der Waals surface area contributed by atoms with Gasteiger partial charge >= 0.3 is 0 Å². The summed E-state index contributed by atoms with van der Waals surface area (Å²) >= 11 is 0. The third kappa shape index (κ3) is 3.01. The zero-order valence-corrected chi connectivity index (χ0v) is 10.6. The second-order valence-corrected chi connectivity index (χ2v) is 4.93. The fourth-order valence-corrected chi connectivity index (χ4v) is 2.25. The third-order valence-electron chi connectivity index (χ3n) is 3.46. The zero-order chi connectivity index (χ0) is 13.0. The molecule has 2 rings (SSSR count). The van der Waals surface area contributed by atoms with Crippen LogP contribution in [0.1, 0.15) is 38.2 Å². The molecule has 0 aromatic heterocycles. The molecule has 4 nitrogen and oxygen atoms in total. The molecule has 1 aromatic carbocycles. The Morgan fingerprint density at radius 2 is 1.89 bits per heavy atom. The molecule has 4 heteroatoms. The van der Waals surface area contributed by atoms with Crippen molar-refractivity contribution < 1.29 is 15.1 Å². The van der Waals surface area contributed by atoms with Gasteiger partial charge in [-0.15, -0.1) is 0 Å². The van der Waals surface area contributed by atoms with E-state index in [0.717, 1.165) is 37.0 Å². The Balaban J connectivity index is 1.94. The minimum atomic E-state index is -0.652. The molecule has 0 aliphatic heterocycles. The normalized spacial score (nSPS) is 18.9. The standard InChI is InChI=1S/C14H19NO3/c1-11(15-17)12-4-6-13(7-5-12)18-10-14(16)8-2-3-9-14/h4-7,16-17H,2-3,8-10H2,1H3. The number of nitrogens with zero attached hydrogens (tertiary/aromatic N) is 1. The maximum Gasteiger partial charge on any atom is 0.119 e. The van der Waals surface area contributed by atoms with Crippen molar-refractivity contribution in [2.75, 3.05) is 6.61 Å². The first-order valence-corrected chi connectivity index (χ1v) is 6.27. The van der Waals surface area contributed by atoms with Crippen LogP contribution in [0.4, 0.5) is 0 Å². The Bertz CT molecular complexity index is 419. The fourth-order valence-electron chi connectivity index (χ4n) is 2.25. The number of rotatable bonds is 4. The minimum Gasteiger partial charge on any atom is -0.491 e. The summed E-state index contributed by atoms with van der Waals surface area (Å²) in [6.07, 6.45) is 3.79. The molecule has 1 aliphatic rings. The van der Waals surface area contributed by atoms with Crippen LogP contribution in [-0.4, -0.2) is 28.2 Å². The number of hydrogen-bond donors (Lipinski definition) is 2. The van der Waals surface area contributed by atoms with Gasteiger partial charge in [0.25, 0.3) is 0 Å². The van der Waals surface area contributed by atoms with Crippen LogP contribution in [0, 0.1) is 0 Å². The second-order valence-electron chi connectivity index (χ2n) is 4.93. The Labute approximate surface area is 107 Å². The van der Waals surface area contributed by atoms with E-state index in [2.05, 4.69) is 5.16 Å². The highest BCUT2D eigenvalue weighted by atomic mass is 16.5. The van der Waals surface area contributed by atoms with Gasteiger partial charge in [-0.25, -0.2) is 0 Å². The molecule has 0 radical (unpaired) electrons. The molecule has 1 aromatic rings. The van der Waals surface area contributed by atoms with Crippen molar-refractivity contribution in [2.45, 2.75) is 38.2 Å². The highest BCUT2D eigenvalue weighted by molar-refractivity contribution is 5.98. The molecule has 98 valence electrons. The molecule has 0 atom stereocenters. The number of benzene rings is 1. The lowest BCUT2D eigenvalue weighted by Gasteiger charge is -2.22. The van der Waals surface area contributed by atoms with E-state index in [4.69, 9.17) is 9.94 Å². The van der Waals surface area contributed by atoms with Crippen LogP contribution in [0.2, 0.25) is 0 Å². The van der Waals surface area contributed by atoms with E-state index in [1.54, 1.807) is 6.92 Å².